The topological polar surface area (TPSA) is 46.3 Å². The summed E-state index contributed by atoms with van der Waals surface area (Å²) < 4.78 is 4.36. The van der Waals surface area contributed by atoms with Crippen molar-refractivity contribution < 1.29 is 4.79 Å². The molecule has 0 N–H and O–H groups in total. The van der Waals surface area contributed by atoms with E-state index in [1.165, 1.54) is 5.56 Å². The standard InChI is InChI=1S/C18H25N5OS/c1-14(2)15-4-6-16(7-5-15)17(24)22-10-8-21(9-11-22)13-23-18(25)20(3)12-19-23/h4-7,12,14H,8-11,13H2,1-3H3. The van der Waals surface area contributed by atoms with Crippen LogP contribution >= 0.6 is 12.2 Å². The maximum absolute atomic E-state index is 12.7. The lowest BCUT2D eigenvalue weighted by Crippen LogP contribution is -2.49. The highest BCUT2D eigenvalue weighted by Gasteiger charge is 2.22. The normalized spacial score (nSPS) is 15.8. The molecule has 1 amide bonds. The summed E-state index contributed by atoms with van der Waals surface area (Å²) in [5.74, 6) is 0.593. The Balaban J connectivity index is 1.57. The minimum atomic E-state index is 0.115. The zero-order chi connectivity index (χ0) is 18.0. The third kappa shape index (κ3) is 3.99. The van der Waals surface area contributed by atoms with E-state index in [1.807, 2.05) is 33.3 Å². The molecule has 0 bridgehead atoms. The van der Waals surface area contributed by atoms with Crippen LogP contribution in [0.1, 0.15) is 35.7 Å². The SMILES string of the molecule is CC(C)c1ccc(C(=O)N2CCN(Cn3ncn(C)c3=S)CC2)cc1. The Morgan fingerprint density at radius 1 is 1.16 bits per heavy atom. The fourth-order valence-electron chi connectivity index (χ4n) is 2.99. The Morgan fingerprint density at radius 2 is 1.80 bits per heavy atom. The first-order chi connectivity index (χ1) is 12.0. The zero-order valence-electron chi connectivity index (χ0n) is 15.1. The molecule has 0 spiro atoms. The average molecular weight is 359 g/mol. The van der Waals surface area contributed by atoms with Gasteiger partial charge in [0.2, 0.25) is 0 Å². The fraction of sp³-hybridized carbons (Fsp3) is 0.500. The Bertz CT molecular complexity index is 785. The van der Waals surface area contributed by atoms with E-state index < -0.39 is 0 Å². The number of aryl methyl sites for hydroxylation is 1. The van der Waals surface area contributed by atoms with E-state index in [0.717, 1.165) is 31.7 Å². The third-order valence-electron chi connectivity index (χ3n) is 4.70. The Labute approximate surface area is 153 Å². The molecule has 25 heavy (non-hydrogen) atoms. The molecule has 0 unspecified atom stereocenters. The molecule has 1 aromatic carbocycles. The number of rotatable bonds is 4. The van der Waals surface area contributed by atoms with E-state index in [4.69, 9.17) is 12.2 Å². The molecule has 0 radical (unpaired) electrons. The second-order valence-corrected chi connectivity index (χ2v) is 7.22. The fourth-order valence-corrected chi connectivity index (χ4v) is 3.14. The zero-order valence-corrected chi connectivity index (χ0v) is 15.9. The van der Waals surface area contributed by atoms with Crippen molar-refractivity contribution in [3.63, 3.8) is 0 Å². The molecular formula is C18H25N5OS. The van der Waals surface area contributed by atoms with Crippen LogP contribution < -0.4 is 0 Å². The minimum Gasteiger partial charge on any atom is -0.336 e. The van der Waals surface area contributed by atoms with Gasteiger partial charge >= 0.3 is 0 Å². The van der Waals surface area contributed by atoms with Gasteiger partial charge in [0, 0.05) is 38.8 Å². The first-order valence-electron chi connectivity index (χ1n) is 8.65. The molecule has 1 saturated heterocycles. The highest BCUT2D eigenvalue weighted by atomic mass is 32.1. The Hall–Kier alpha value is -1.99. The van der Waals surface area contributed by atoms with Crippen molar-refractivity contribution in [2.45, 2.75) is 26.4 Å². The molecule has 2 aromatic rings. The van der Waals surface area contributed by atoms with Crippen LogP contribution in [0.3, 0.4) is 0 Å². The molecule has 134 valence electrons. The predicted octanol–water partition coefficient (Wildman–Crippen LogP) is 2.49. The number of amides is 1. The molecule has 2 heterocycles. The number of benzene rings is 1. The summed E-state index contributed by atoms with van der Waals surface area (Å²) in [6.07, 6.45) is 1.73. The van der Waals surface area contributed by atoms with E-state index in [1.54, 1.807) is 6.33 Å². The summed E-state index contributed by atoms with van der Waals surface area (Å²) in [4.78, 5) is 16.9. The van der Waals surface area contributed by atoms with Crippen molar-refractivity contribution in [3.8, 4) is 0 Å². The van der Waals surface area contributed by atoms with Crippen LogP contribution in [0.5, 0.6) is 0 Å². The molecule has 6 nitrogen and oxygen atoms in total. The van der Waals surface area contributed by atoms with Gasteiger partial charge in [-0.1, -0.05) is 26.0 Å². The third-order valence-corrected chi connectivity index (χ3v) is 5.20. The lowest BCUT2D eigenvalue weighted by atomic mass is 10.0. The summed E-state index contributed by atoms with van der Waals surface area (Å²) in [7, 11) is 1.90. The number of hydrogen-bond donors (Lipinski definition) is 0. The number of carbonyl (C=O) groups excluding carboxylic acids is 1. The van der Waals surface area contributed by atoms with Crippen LogP contribution in [-0.4, -0.2) is 56.2 Å². The molecule has 1 aliphatic heterocycles. The first kappa shape index (κ1) is 17.8. The predicted molar refractivity (Wildman–Crippen MR) is 100 cm³/mol. The molecule has 1 aliphatic rings. The van der Waals surface area contributed by atoms with Crippen LogP contribution in [0.15, 0.2) is 30.6 Å². The van der Waals surface area contributed by atoms with E-state index in [-0.39, 0.29) is 5.91 Å². The van der Waals surface area contributed by atoms with Crippen molar-refractivity contribution in [1.82, 2.24) is 24.1 Å². The van der Waals surface area contributed by atoms with Gasteiger partial charge in [-0.25, -0.2) is 4.68 Å². The van der Waals surface area contributed by atoms with Gasteiger partial charge in [0.05, 0.1) is 6.67 Å². The van der Waals surface area contributed by atoms with Gasteiger partial charge in [-0.3, -0.25) is 9.69 Å². The summed E-state index contributed by atoms with van der Waals surface area (Å²) in [5, 5.41) is 4.29. The maximum Gasteiger partial charge on any atom is 0.253 e. The number of aromatic nitrogens is 3. The molecule has 1 aromatic heterocycles. The molecule has 7 heteroatoms. The first-order valence-corrected chi connectivity index (χ1v) is 9.06. The van der Waals surface area contributed by atoms with Crippen LogP contribution in [0.25, 0.3) is 0 Å². The molecule has 3 rings (SSSR count). The second-order valence-electron chi connectivity index (χ2n) is 6.85. The smallest absolute Gasteiger partial charge is 0.253 e. The van der Waals surface area contributed by atoms with Gasteiger partial charge < -0.3 is 9.47 Å². The quantitative estimate of drug-likeness (QED) is 0.787. The van der Waals surface area contributed by atoms with Gasteiger partial charge in [0.25, 0.3) is 5.91 Å². The van der Waals surface area contributed by atoms with E-state index in [9.17, 15) is 4.79 Å². The average Bonchev–Trinajstić information content (AvgIpc) is 2.94. The van der Waals surface area contributed by atoms with Crippen molar-refractivity contribution in [2.75, 3.05) is 26.2 Å². The van der Waals surface area contributed by atoms with Gasteiger partial charge in [-0.05, 0) is 35.8 Å². The second kappa shape index (κ2) is 7.49. The summed E-state index contributed by atoms with van der Waals surface area (Å²) >= 11 is 5.32. The van der Waals surface area contributed by atoms with E-state index in [2.05, 4.69) is 36.0 Å². The van der Waals surface area contributed by atoms with Crippen molar-refractivity contribution in [3.05, 3.63) is 46.5 Å². The molecule has 0 atom stereocenters. The van der Waals surface area contributed by atoms with E-state index in [0.29, 0.717) is 17.4 Å². The number of piperazine rings is 1. The molecule has 0 aliphatic carbocycles. The van der Waals surface area contributed by atoms with Gasteiger partial charge in [0.1, 0.15) is 6.33 Å². The van der Waals surface area contributed by atoms with Crippen molar-refractivity contribution in [1.29, 1.82) is 0 Å². The largest absolute Gasteiger partial charge is 0.336 e. The number of hydrogen-bond acceptors (Lipinski definition) is 4. The maximum atomic E-state index is 12.7. The molecular weight excluding hydrogens is 334 g/mol. The lowest BCUT2D eigenvalue weighted by molar-refractivity contribution is 0.0585. The van der Waals surface area contributed by atoms with Crippen LogP contribution in [-0.2, 0) is 13.7 Å². The van der Waals surface area contributed by atoms with Crippen molar-refractivity contribution in [2.24, 2.45) is 7.05 Å². The minimum absolute atomic E-state index is 0.115. The monoisotopic (exact) mass is 359 g/mol. The number of carbonyl (C=O) groups is 1. The Kier molecular flexibility index (Phi) is 5.34. The summed E-state index contributed by atoms with van der Waals surface area (Å²) in [5.41, 5.74) is 2.03. The summed E-state index contributed by atoms with van der Waals surface area (Å²) in [6, 6.07) is 7.99. The Morgan fingerprint density at radius 3 is 2.32 bits per heavy atom. The van der Waals surface area contributed by atoms with Gasteiger partial charge in [-0.15, -0.1) is 0 Å². The van der Waals surface area contributed by atoms with Crippen LogP contribution in [0.2, 0.25) is 0 Å². The lowest BCUT2D eigenvalue weighted by Gasteiger charge is -2.34. The van der Waals surface area contributed by atoms with Gasteiger partial charge in [-0.2, -0.15) is 5.10 Å². The highest BCUT2D eigenvalue weighted by Crippen LogP contribution is 2.16. The highest BCUT2D eigenvalue weighted by molar-refractivity contribution is 7.71. The molecule has 0 saturated carbocycles. The van der Waals surface area contributed by atoms with Crippen molar-refractivity contribution >= 4 is 18.1 Å². The number of nitrogens with zero attached hydrogens (tertiary/aromatic N) is 5. The van der Waals surface area contributed by atoms with Gasteiger partial charge in [0.15, 0.2) is 4.77 Å². The van der Waals surface area contributed by atoms with E-state index >= 15 is 0 Å². The van der Waals surface area contributed by atoms with Crippen LogP contribution in [0.4, 0.5) is 0 Å². The summed E-state index contributed by atoms with van der Waals surface area (Å²) in [6.45, 7) is 8.09. The van der Waals surface area contributed by atoms with Crippen LogP contribution in [0, 0.1) is 4.77 Å². The molecule has 1 fully saturated rings.